The zero-order valence-electron chi connectivity index (χ0n) is 8.28. The Bertz CT molecular complexity index is 233. The fraction of sp³-hybridized carbons (Fsp3) is 0.800. The van der Waals surface area contributed by atoms with Crippen molar-refractivity contribution in [3.63, 3.8) is 0 Å². The van der Waals surface area contributed by atoms with Crippen LogP contribution in [0.15, 0.2) is 0 Å². The molecule has 0 spiro atoms. The molecule has 0 aromatic carbocycles. The van der Waals surface area contributed by atoms with Crippen molar-refractivity contribution in [2.24, 2.45) is 0 Å². The first kappa shape index (κ1) is 14.4. The predicted molar refractivity (Wildman–Crippen MR) is 42.0 cm³/mol. The Morgan fingerprint density at radius 1 is 1.00 bits per heavy atom. The van der Waals surface area contributed by atoms with Crippen LogP contribution >= 0.6 is 7.81 Å². The molecule has 2 nitrogen and oxygen atoms in total. The van der Waals surface area contributed by atoms with Gasteiger partial charge in [0, 0.05) is 13.1 Å². The van der Waals surface area contributed by atoms with E-state index >= 15 is 0 Å². The summed E-state index contributed by atoms with van der Waals surface area (Å²) in [7, 11) is -10.7. The molecule has 0 atom stereocenters. The molecule has 15 heavy (non-hydrogen) atoms. The van der Waals surface area contributed by atoms with Gasteiger partial charge in [-0.1, -0.05) is 0 Å². The minimum Gasteiger partial charge on any atom is -0.315 e. The van der Waals surface area contributed by atoms with E-state index in [9.17, 15) is 34.4 Å². The van der Waals surface area contributed by atoms with Gasteiger partial charge in [0.2, 0.25) is 0 Å². The third-order valence-electron chi connectivity index (χ3n) is 1.35. The first-order valence-corrected chi connectivity index (χ1v) is 5.79. The second kappa shape index (κ2) is 3.47. The quantitative estimate of drug-likeness (QED) is 0.269. The Kier molecular flexibility index (Phi) is 3.33. The molecule has 1 heterocycles. The van der Waals surface area contributed by atoms with Crippen molar-refractivity contribution in [1.82, 2.24) is 4.90 Å². The Labute approximate surface area is 81.8 Å². The average Bonchev–Trinajstić information content (AvgIpc) is 2.27. The molecule has 0 aliphatic carbocycles. The van der Waals surface area contributed by atoms with Gasteiger partial charge in [-0.05, 0) is 12.8 Å². The second-order valence-electron chi connectivity index (χ2n) is 2.91. The molecule has 1 fully saturated rings. The first-order valence-electron chi connectivity index (χ1n) is 3.76. The minimum atomic E-state index is -10.7. The Morgan fingerprint density at radius 2 is 1.27 bits per heavy atom. The van der Waals surface area contributed by atoms with Crippen molar-refractivity contribution < 1.29 is 35.8 Å². The summed E-state index contributed by atoms with van der Waals surface area (Å²) in [6.07, 6.45) is 0.633. The summed E-state index contributed by atoms with van der Waals surface area (Å²) in [6, 6.07) is 0. The van der Waals surface area contributed by atoms with Gasteiger partial charge < -0.3 is 4.90 Å². The van der Waals surface area contributed by atoms with Crippen LogP contribution in [0.5, 0.6) is 0 Å². The topological polar surface area (TPSA) is 20.3 Å². The fourth-order valence-electron chi connectivity index (χ4n) is 0.893. The van der Waals surface area contributed by atoms with E-state index in [-0.39, 0.29) is 1.43 Å². The Morgan fingerprint density at radius 3 is 1.40 bits per heavy atom. The molecule has 0 bridgehead atoms. The minimum absolute atomic E-state index is 0. The maximum atomic E-state index is 11.7. The van der Waals surface area contributed by atoms with Crippen LogP contribution in [0, 0.1) is 0 Å². The van der Waals surface area contributed by atoms with Gasteiger partial charge in [0.15, 0.2) is 0 Å². The summed E-state index contributed by atoms with van der Waals surface area (Å²) >= 11 is 0. The van der Waals surface area contributed by atoms with Gasteiger partial charge in [-0.25, -0.2) is 4.79 Å². The Hall–Kier alpha value is -0.590. The van der Waals surface area contributed by atoms with E-state index < -0.39 is 14.0 Å². The number of likely N-dealkylation sites (tertiary alicyclic amines) is 1. The molecule has 0 aromatic heterocycles. The summed E-state index contributed by atoms with van der Waals surface area (Å²) in [6.45, 7) is 1.21. The summed E-state index contributed by atoms with van der Waals surface area (Å²) in [4.78, 5) is 11.1. The molecule has 1 saturated heterocycles. The fourth-order valence-corrected chi connectivity index (χ4v) is 0.893. The molecule has 0 aromatic rings. The van der Waals surface area contributed by atoms with Crippen molar-refractivity contribution in [3.8, 4) is 0 Å². The third kappa shape index (κ3) is 16.1. The summed E-state index contributed by atoms with van der Waals surface area (Å²) < 4.78 is 70.9. The van der Waals surface area contributed by atoms with Gasteiger partial charge in [0.1, 0.15) is 0 Å². The van der Waals surface area contributed by atoms with Gasteiger partial charge in [-0.3, -0.25) is 0 Å². The maximum absolute atomic E-state index is 11.7. The third-order valence-corrected chi connectivity index (χ3v) is 1.35. The molecule has 0 N–H and O–H groups in total. The number of rotatable bonds is 0. The van der Waals surface area contributed by atoms with Crippen molar-refractivity contribution in [2.45, 2.75) is 12.8 Å². The first-order chi connectivity index (χ1) is 6.25. The van der Waals surface area contributed by atoms with E-state index in [1.165, 1.54) is 4.90 Å². The smallest absolute Gasteiger partial charge is 0.315 e. The largest absolute Gasteiger partial charge is 1.00 e. The zero-order valence-corrected chi connectivity index (χ0v) is 8.17. The Balaban J connectivity index is 0. The van der Waals surface area contributed by atoms with E-state index in [0.717, 1.165) is 12.8 Å². The van der Waals surface area contributed by atoms with Crippen molar-refractivity contribution in [1.29, 1.82) is 0 Å². The van der Waals surface area contributed by atoms with E-state index in [1.54, 1.807) is 0 Å². The van der Waals surface area contributed by atoms with Crippen molar-refractivity contribution >= 4 is 14.0 Å². The van der Waals surface area contributed by atoms with E-state index in [1.807, 2.05) is 0 Å². The van der Waals surface area contributed by atoms with Gasteiger partial charge >= 0.3 is 40.6 Å². The standard InChI is InChI=1S/C5H8FNO.F6P/c6-5(8)7-3-1-2-4-7;1-7(2,3,4,5)6/h1-4H2;/q;-1/p+1. The van der Waals surface area contributed by atoms with Crippen LogP contribution in [0.4, 0.5) is 34.4 Å². The van der Waals surface area contributed by atoms with Gasteiger partial charge in [0.05, 0.1) is 0 Å². The van der Waals surface area contributed by atoms with Crippen molar-refractivity contribution in [3.05, 3.63) is 0 Å². The average molecular weight is 263 g/mol. The number of nitrogens with zero attached hydrogens (tertiary/aromatic N) is 1. The summed E-state index contributed by atoms with van der Waals surface area (Å²) in [5.41, 5.74) is 0. The molecule has 94 valence electrons. The summed E-state index contributed by atoms with van der Waals surface area (Å²) in [5, 5.41) is 0. The number of hydrogen-bond donors (Lipinski definition) is 0. The van der Waals surface area contributed by atoms with Gasteiger partial charge in [-0.15, -0.1) is 4.39 Å². The van der Waals surface area contributed by atoms with E-state index in [2.05, 4.69) is 0 Å². The molecular weight excluding hydrogens is 254 g/mol. The van der Waals surface area contributed by atoms with Gasteiger partial charge in [0.25, 0.3) is 0 Å². The van der Waals surface area contributed by atoms with Crippen LogP contribution in [0.1, 0.15) is 14.3 Å². The molecular formula is C5H9F7NOP. The molecule has 10 heteroatoms. The van der Waals surface area contributed by atoms with Crippen LogP contribution in [-0.2, 0) is 0 Å². The van der Waals surface area contributed by atoms with Crippen LogP contribution in [-0.4, -0.2) is 24.2 Å². The van der Waals surface area contributed by atoms with Crippen LogP contribution in [0.2, 0.25) is 0 Å². The van der Waals surface area contributed by atoms with E-state index in [4.69, 9.17) is 0 Å². The second-order valence-corrected chi connectivity index (χ2v) is 4.82. The number of carbonyl (C=O) groups excluding carboxylic acids is 1. The number of amides is 1. The van der Waals surface area contributed by atoms with Crippen molar-refractivity contribution in [2.75, 3.05) is 13.1 Å². The molecule has 1 rings (SSSR count). The van der Waals surface area contributed by atoms with Crippen LogP contribution in [0.25, 0.3) is 0 Å². The molecule has 1 amide bonds. The SMILES string of the molecule is F[P-](F)(F)(F)(F)F.O=C(F)N1CCCC1.[H+]. The zero-order chi connectivity index (χ0) is 12.4. The maximum Gasteiger partial charge on any atom is 1.00 e. The molecule has 0 radical (unpaired) electrons. The molecule has 1 aliphatic heterocycles. The van der Waals surface area contributed by atoms with Crippen LogP contribution < -0.4 is 0 Å². The number of carbonyl (C=O) groups is 1. The molecule has 0 saturated carbocycles. The monoisotopic (exact) mass is 263 g/mol. The summed E-state index contributed by atoms with van der Waals surface area (Å²) in [5.74, 6) is 0. The molecule has 0 unspecified atom stereocenters. The van der Waals surface area contributed by atoms with Crippen LogP contribution in [0.3, 0.4) is 0 Å². The number of halogens is 7. The number of hydrogen-bond acceptors (Lipinski definition) is 1. The molecule has 1 aliphatic rings. The predicted octanol–water partition coefficient (Wildman–Crippen LogP) is 4.67. The normalized spacial score (nSPS) is 21.1. The van der Waals surface area contributed by atoms with Gasteiger partial charge in [-0.2, -0.15) is 0 Å². The van der Waals surface area contributed by atoms with E-state index in [0.29, 0.717) is 13.1 Å².